The maximum Gasteiger partial charge on any atom is 0.253 e. The first-order valence-corrected chi connectivity index (χ1v) is 11.6. The minimum Gasteiger partial charge on any atom is -0.352 e. The number of halogens is 2. The van der Waals surface area contributed by atoms with E-state index in [9.17, 15) is 18.8 Å². The minimum atomic E-state index is -0.746. The molecule has 33 heavy (non-hydrogen) atoms. The van der Waals surface area contributed by atoms with Crippen LogP contribution in [0.1, 0.15) is 53.8 Å². The average molecular weight is 474 g/mol. The Bertz CT molecular complexity index is 973. The molecule has 0 aliphatic carbocycles. The lowest BCUT2D eigenvalue weighted by molar-refractivity contribution is -0.125. The smallest absolute Gasteiger partial charge is 0.253 e. The minimum absolute atomic E-state index is 0.0331. The van der Waals surface area contributed by atoms with E-state index in [-0.39, 0.29) is 29.3 Å². The van der Waals surface area contributed by atoms with Crippen LogP contribution >= 0.6 is 11.6 Å². The molecule has 8 heteroatoms. The molecule has 0 saturated carbocycles. The van der Waals surface area contributed by atoms with Crippen molar-refractivity contribution in [2.45, 2.75) is 45.2 Å². The fraction of sp³-hybridized carbons (Fsp3) is 0.400. The van der Waals surface area contributed by atoms with Gasteiger partial charge in [-0.25, -0.2) is 4.39 Å². The lowest BCUT2D eigenvalue weighted by Gasteiger charge is -2.36. The van der Waals surface area contributed by atoms with Gasteiger partial charge in [-0.15, -0.1) is 0 Å². The molecular formula is C25H29ClFN3O3. The summed E-state index contributed by atoms with van der Waals surface area (Å²) < 4.78 is 13.2. The van der Waals surface area contributed by atoms with E-state index in [4.69, 9.17) is 11.6 Å². The topological polar surface area (TPSA) is 78.5 Å². The summed E-state index contributed by atoms with van der Waals surface area (Å²) >= 11 is 5.91. The summed E-state index contributed by atoms with van der Waals surface area (Å²) in [5, 5.41) is 6.36. The molecule has 2 N–H and O–H groups in total. The van der Waals surface area contributed by atoms with Crippen LogP contribution in [-0.4, -0.2) is 47.8 Å². The summed E-state index contributed by atoms with van der Waals surface area (Å²) in [6.07, 6.45) is 1.90. The number of nitrogens with zero attached hydrogens (tertiary/aromatic N) is 1. The third-order valence-corrected chi connectivity index (χ3v) is 6.32. The Morgan fingerprint density at radius 1 is 1.00 bits per heavy atom. The van der Waals surface area contributed by atoms with Gasteiger partial charge in [-0.2, -0.15) is 0 Å². The Hall–Kier alpha value is -2.93. The molecule has 0 bridgehead atoms. The van der Waals surface area contributed by atoms with Crippen LogP contribution in [0.25, 0.3) is 0 Å². The van der Waals surface area contributed by atoms with E-state index in [1.165, 1.54) is 24.3 Å². The SMILES string of the molecule is CC[C@H](C)NC(=O)[C@@H](NC(=O)c1ccc(F)cc1)C1CCN(C(=O)c2ccc(Cl)cc2)CC1. The average Bonchev–Trinajstić information content (AvgIpc) is 2.82. The van der Waals surface area contributed by atoms with Crippen molar-refractivity contribution in [3.8, 4) is 0 Å². The summed E-state index contributed by atoms with van der Waals surface area (Å²) in [6.45, 7) is 4.83. The molecule has 0 unspecified atom stereocenters. The zero-order valence-corrected chi connectivity index (χ0v) is 19.6. The first kappa shape index (κ1) is 24.7. The van der Waals surface area contributed by atoms with Crippen LogP contribution in [0.5, 0.6) is 0 Å². The van der Waals surface area contributed by atoms with Gasteiger partial charge in [0, 0.05) is 35.3 Å². The normalized spacial score (nSPS) is 16.1. The van der Waals surface area contributed by atoms with Gasteiger partial charge in [0.25, 0.3) is 11.8 Å². The van der Waals surface area contributed by atoms with Gasteiger partial charge in [-0.3, -0.25) is 14.4 Å². The van der Waals surface area contributed by atoms with Crippen molar-refractivity contribution in [1.29, 1.82) is 0 Å². The summed E-state index contributed by atoms with van der Waals surface area (Å²) in [5.41, 5.74) is 0.849. The number of carbonyl (C=O) groups is 3. The Kier molecular flexibility index (Phi) is 8.44. The molecule has 1 aliphatic heterocycles. The molecule has 3 rings (SSSR count). The molecule has 1 saturated heterocycles. The van der Waals surface area contributed by atoms with Crippen LogP contribution in [0.3, 0.4) is 0 Å². The number of rotatable bonds is 7. The number of hydrogen-bond donors (Lipinski definition) is 2. The fourth-order valence-electron chi connectivity index (χ4n) is 3.87. The van der Waals surface area contributed by atoms with Crippen LogP contribution in [0.4, 0.5) is 4.39 Å². The molecule has 176 valence electrons. The van der Waals surface area contributed by atoms with Crippen molar-refractivity contribution >= 4 is 29.3 Å². The Morgan fingerprint density at radius 3 is 2.15 bits per heavy atom. The Labute approximate surface area is 198 Å². The van der Waals surface area contributed by atoms with E-state index < -0.39 is 17.8 Å². The van der Waals surface area contributed by atoms with E-state index in [1.54, 1.807) is 29.2 Å². The highest BCUT2D eigenvalue weighted by atomic mass is 35.5. The zero-order valence-electron chi connectivity index (χ0n) is 18.8. The number of likely N-dealkylation sites (tertiary alicyclic amines) is 1. The monoisotopic (exact) mass is 473 g/mol. The third-order valence-electron chi connectivity index (χ3n) is 6.07. The van der Waals surface area contributed by atoms with Gasteiger partial charge in [0.05, 0.1) is 0 Å². The molecule has 0 spiro atoms. The number of piperidine rings is 1. The Morgan fingerprint density at radius 2 is 1.58 bits per heavy atom. The third kappa shape index (κ3) is 6.54. The van der Waals surface area contributed by atoms with Gasteiger partial charge in [-0.05, 0) is 80.6 Å². The molecule has 0 radical (unpaired) electrons. The number of hydrogen-bond acceptors (Lipinski definition) is 3. The van der Waals surface area contributed by atoms with E-state index in [0.29, 0.717) is 36.5 Å². The second kappa shape index (κ2) is 11.3. The van der Waals surface area contributed by atoms with Gasteiger partial charge in [-0.1, -0.05) is 18.5 Å². The van der Waals surface area contributed by atoms with Crippen LogP contribution in [-0.2, 0) is 4.79 Å². The van der Waals surface area contributed by atoms with Gasteiger partial charge in [0.2, 0.25) is 5.91 Å². The van der Waals surface area contributed by atoms with Gasteiger partial charge >= 0.3 is 0 Å². The largest absolute Gasteiger partial charge is 0.352 e. The second-order valence-corrected chi connectivity index (χ2v) is 8.85. The molecule has 0 aromatic heterocycles. The molecule has 1 fully saturated rings. The van der Waals surface area contributed by atoms with Crippen LogP contribution in [0.2, 0.25) is 5.02 Å². The van der Waals surface area contributed by atoms with Crippen LogP contribution in [0, 0.1) is 11.7 Å². The summed E-state index contributed by atoms with van der Waals surface area (Å²) in [5.74, 6) is -1.33. The second-order valence-electron chi connectivity index (χ2n) is 8.41. The van der Waals surface area contributed by atoms with Crippen molar-refractivity contribution in [1.82, 2.24) is 15.5 Å². The predicted octanol–water partition coefficient (Wildman–Crippen LogP) is 4.04. The molecule has 2 atom stereocenters. The predicted molar refractivity (Wildman–Crippen MR) is 126 cm³/mol. The highest BCUT2D eigenvalue weighted by Crippen LogP contribution is 2.23. The van der Waals surface area contributed by atoms with Crippen LogP contribution < -0.4 is 10.6 Å². The number of carbonyl (C=O) groups excluding carboxylic acids is 3. The van der Waals surface area contributed by atoms with Crippen molar-refractivity contribution in [3.05, 3.63) is 70.5 Å². The van der Waals surface area contributed by atoms with Crippen LogP contribution in [0.15, 0.2) is 48.5 Å². The van der Waals surface area contributed by atoms with Gasteiger partial charge < -0.3 is 15.5 Å². The molecule has 1 aliphatic rings. The van der Waals surface area contributed by atoms with Crippen molar-refractivity contribution in [2.75, 3.05) is 13.1 Å². The summed E-state index contributed by atoms with van der Waals surface area (Å²) in [4.78, 5) is 40.3. The first-order valence-electron chi connectivity index (χ1n) is 11.2. The van der Waals surface area contributed by atoms with E-state index in [2.05, 4.69) is 10.6 Å². The fourth-order valence-corrected chi connectivity index (χ4v) is 3.99. The molecule has 1 heterocycles. The van der Waals surface area contributed by atoms with E-state index in [1.807, 2.05) is 13.8 Å². The zero-order chi connectivity index (χ0) is 24.0. The number of nitrogens with one attached hydrogen (secondary N) is 2. The first-order chi connectivity index (χ1) is 15.8. The van der Waals surface area contributed by atoms with Crippen molar-refractivity contribution < 1.29 is 18.8 Å². The molecule has 3 amide bonds. The highest BCUT2D eigenvalue weighted by Gasteiger charge is 2.34. The highest BCUT2D eigenvalue weighted by molar-refractivity contribution is 6.30. The quantitative estimate of drug-likeness (QED) is 0.637. The molecule has 2 aromatic carbocycles. The number of amides is 3. The molecule has 2 aromatic rings. The van der Waals surface area contributed by atoms with E-state index in [0.717, 1.165) is 6.42 Å². The molecular weight excluding hydrogens is 445 g/mol. The standard InChI is InChI=1S/C25H29ClFN3O3/c1-3-16(2)28-24(32)22(29-23(31)18-6-10-21(27)11-7-18)17-12-14-30(15-13-17)25(33)19-4-8-20(26)9-5-19/h4-11,16-17,22H,3,12-15H2,1-2H3,(H,28,32)(H,29,31)/t16-,22-/m0/s1. The Balaban J connectivity index is 1.69. The summed E-state index contributed by atoms with van der Waals surface area (Å²) in [7, 11) is 0. The van der Waals surface area contributed by atoms with E-state index >= 15 is 0 Å². The summed E-state index contributed by atoms with van der Waals surface area (Å²) in [6, 6.07) is 11.2. The van der Waals surface area contributed by atoms with Crippen molar-refractivity contribution in [2.24, 2.45) is 5.92 Å². The number of benzene rings is 2. The molecule has 6 nitrogen and oxygen atoms in total. The maximum absolute atomic E-state index is 13.2. The lowest BCUT2D eigenvalue weighted by atomic mass is 9.88. The van der Waals surface area contributed by atoms with Gasteiger partial charge in [0.15, 0.2) is 0 Å². The van der Waals surface area contributed by atoms with Gasteiger partial charge in [0.1, 0.15) is 11.9 Å². The maximum atomic E-state index is 13.2. The van der Waals surface area contributed by atoms with Crippen molar-refractivity contribution in [3.63, 3.8) is 0 Å². The lowest BCUT2D eigenvalue weighted by Crippen LogP contribution is -2.55.